The SMILES string of the molecule is C=CCC/C(F)=C(\F)c1ccc(-c2ccc(-c3cc(F)c(CCc4cc(F)c(CC/C=C/C)c(F)c4)c(F)c3)c(F)c2)cc1. The molecule has 0 saturated carbocycles. The van der Waals surface area contributed by atoms with E-state index in [0.717, 1.165) is 12.1 Å². The zero-order valence-corrected chi connectivity index (χ0v) is 24.2. The topological polar surface area (TPSA) is 0 Å². The fraction of sp³-hybridized carbons (Fsp3) is 0.189. The summed E-state index contributed by atoms with van der Waals surface area (Å²) < 4.78 is 102. The van der Waals surface area contributed by atoms with E-state index in [1.807, 2.05) is 6.92 Å². The van der Waals surface area contributed by atoms with Crippen LogP contribution in [0.25, 0.3) is 28.1 Å². The summed E-state index contributed by atoms with van der Waals surface area (Å²) in [5.41, 5.74) is 0.915. The highest BCUT2D eigenvalue weighted by atomic mass is 19.2. The lowest BCUT2D eigenvalue weighted by atomic mass is 9.96. The van der Waals surface area contributed by atoms with Gasteiger partial charge in [-0.15, -0.1) is 6.58 Å². The summed E-state index contributed by atoms with van der Waals surface area (Å²) >= 11 is 0. The maximum atomic E-state index is 15.1. The van der Waals surface area contributed by atoms with Crippen molar-refractivity contribution in [3.05, 3.63) is 149 Å². The smallest absolute Gasteiger partial charge is 0.161 e. The van der Waals surface area contributed by atoms with Crippen LogP contribution in [0.5, 0.6) is 0 Å². The van der Waals surface area contributed by atoms with Crippen LogP contribution >= 0.6 is 0 Å². The molecule has 0 nitrogen and oxygen atoms in total. The summed E-state index contributed by atoms with van der Waals surface area (Å²) in [5, 5.41) is 0. The van der Waals surface area contributed by atoms with E-state index < -0.39 is 40.7 Å². The van der Waals surface area contributed by atoms with Crippen LogP contribution in [0.1, 0.15) is 48.4 Å². The number of allylic oxidation sites excluding steroid dienone is 4. The molecule has 0 spiro atoms. The van der Waals surface area contributed by atoms with Crippen molar-refractivity contribution in [3.63, 3.8) is 0 Å². The number of aryl methyl sites for hydroxylation is 1. The molecule has 0 aliphatic rings. The lowest BCUT2D eigenvalue weighted by Crippen LogP contribution is -2.03. The summed E-state index contributed by atoms with van der Waals surface area (Å²) in [4.78, 5) is 0. The van der Waals surface area contributed by atoms with Crippen molar-refractivity contribution in [1.82, 2.24) is 0 Å². The van der Waals surface area contributed by atoms with Gasteiger partial charge in [0.1, 0.15) is 34.9 Å². The Labute approximate surface area is 252 Å². The van der Waals surface area contributed by atoms with Gasteiger partial charge in [-0.2, -0.15) is 0 Å². The fourth-order valence-corrected chi connectivity index (χ4v) is 4.93. The maximum absolute atomic E-state index is 15.1. The van der Waals surface area contributed by atoms with Crippen molar-refractivity contribution in [2.24, 2.45) is 0 Å². The van der Waals surface area contributed by atoms with E-state index in [1.54, 1.807) is 18.2 Å². The van der Waals surface area contributed by atoms with Crippen molar-refractivity contribution in [2.75, 3.05) is 0 Å². The molecule has 0 saturated heterocycles. The normalized spacial score (nSPS) is 12.1. The van der Waals surface area contributed by atoms with Gasteiger partial charge >= 0.3 is 0 Å². The predicted molar refractivity (Wildman–Crippen MR) is 163 cm³/mol. The molecular weight excluding hydrogens is 577 g/mol. The molecule has 0 fully saturated rings. The van der Waals surface area contributed by atoms with E-state index in [1.165, 1.54) is 54.6 Å². The second-order valence-electron chi connectivity index (χ2n) is 10.4. The van der Waals surface area contributed by atoms with Crippen molar-refractivity contribution < 1.29 is 30.7 Å². The van der Waals surface area contributed by atoms with Gasteiger partial charge in [0.05, 0.1) is 0 Å². The molecule has 4 aromatic carbocycles. The predicted octanol–water partition coefficient (Wildman–Crippen LogP) is 11.6. The molecule has 7 heteroatoms. The van der Waals surface area contributed by atoms with Gasteiger partial charge in [0.2, 0.25) is 0 Å². The Balaban J connectivity index is 1.49. The first-order valence-corrected chi connectivity index (χ1v) is 14.2. The van der Waals surface area contributed by atoms with E-state index in [2.05, 4.69) is 6.58 Å². The van der Waals surface area contributed by atoms with Crippen molar-refractivity contribution in [2.45, 2.75) is 45.4 Å². The molecule has 0 atom stereocenters. The van der Waals surface area contributed by atoms with Crippen LogP contribution in [0.15, 0.2) is 97.4 Å². The molecule has 0 unspecified atom stereocenters. The highest BCUT2D eigenvalue weighted by molar-refractivity contribution is 5.73. The zero-order valence-electron chi connectivity index (χ0n) is 24.2. The van der Waals surface area contributed by atoms with Gasteiger partial charge in [-0.05, 0) is 91.6 Å². The van der Waals surface area contributed by atoms with Gasteiger partial charge < -0.3 is 0 Å². The first kappa shape index (κ1) is 32.5. The lowest BCUT2D eigenvalue weighted by molar-refractivity contribution is 0.547. The Kier molecular flexibility index (Phi) is 11.0. The van der Waals surface area contributed by atoms with E-state index in [0.29, 0.717) is 24.0 Å². The van der Waals surface area contributed by atoms with Crippen LogP contribution in [0.3, 0.4) is 0 Å². The van der Waals surface area contributed by atoms with Crippen LogP contribution in [0, 0.1) is 29.1 Å². The molecule has 0 heterocycles. The zero-order chi connectivity index (χ0) is 31.8. The van der Waals surface area contributed by atoms with Crippen LogP contribution in [-0.2, 0) is 19.3 Å². The molecule has 0 aromatic heterocycles. The Morgan fingerprint density at radius 2 is 1.20 bits per heavy atom. The number of rotatable bonds is 12. The van der Waals surface area contributed by atoms with Crippen molar-refractivity contribution >= 4 is 5.83 Å². The molecule has 0 aliphatic heterocycles. The first-order valence-electron chi connectivity index (χ1n) is 14.2. The minimum absolute atomic E-state index is 0.000820. The number of hydrogen-bond acceptors (Lipinski definition) is 0. The number of hydrogen-bond donors (Lipinski definition) is 0. The average molecular weight is 609 g/mol. The quantitative estimate of drug-likeness (QED) is 0.111. The molecule has 0 aliphatic carbocycles. The molecule has 0 bridgehead atoms. The molecule has 0 N–H and O–H groups in total. The standard InChI is InChI=1S/C37H31F7/c1-3-5-7-8-29-32(39)18-23(19-33(29)40)10-16-30-35(42)21-27(22-36(30)43)28-17-15-26(20-34(28)41)24-11-13-25(14-12-24)37(44)31(38)9-6-4-2/h3-5,11-15,17-22H,2,6-10,16H2,1H3/b5-3+,37-31+. The second kappa shape index (κ2) is 14.9. The van der Waals surface area contributed by atoms with Gasteiger partial charge in [0, 0.05) is 28.7 Å². The molecule has 44 heavy (non-hydrogen) atoms. The average Bonchev–Trinajstić information content (AvgIpc) is 3.00. The molecule has 0 amide bonds. The summed E-state index contributed by atoms with van der Waals surface area (Å²) in [6.45, 7) is 5.30. The van der Waals surface area contributed by atoms with Crippen LogP contribution in [0.2, 0.25) is 0 Å². The Morgan fingerprint density at radius 3 is 1.80 bits per heavy atom. The minimum atomic E-state index is -0.972. The summed E-state index contributed by atoms with van der Waals surface area (Å²) in [6, 6.07) is 14.3. The fourth-order valence-electron chi connectivity index (χ4n) is 4.93. The molecule has 228 valence electrons. The number of benzene rings is 4. The monoisotopic (exact) mass is 608 g/mol. The summed E-state index contributed by atoms with van der Waals surface area (Å²) in [5.74, 6) is -5.80. The minimum Gasteiger partial charge on any atom is -0.209 e. The largest absolute Gasteiger partial charge is 0.209 e. The second-order valence-corrected chi connectivity index (χ2v) is 10.4. The van der Waals surface area contributed by atoms with Gasteiger partial charge in [0.15, 0.2) is 5.83 Å². The van der Waals surface area contributed by atoms with Crippen molar-refractivity contribution in [1.29, 1.82) is 0 Å². The van der Waals surface area contributed by atoms with E-state index in [4.69, 9.17) is 0 Å². The Morgan fingerprint density at radius 1 is 0.636 bits per heavy atom. The Bertz CT molecular complexity index is 1650. The van der Waals surface area contributed by atoms with Crippen LogP contribution in [-0.4, -0.2) is 0 Å². The third-order valence-electron chi connectivity index (χ3n) is 7.36. The van der Waals surface area contributed by atoms with Gasteiger partial charge in [0.25, 0.3) is 0 Å². The van der Waals surface area contributed by atoms with Crippen molar-refractivity contribution in [3.8, 4) is 22.3 Å². The van der Waals surface area contributed by atoms with E-state index in [9.17, 15) is 17.6 Å². The molecule has 4 rings (SSSR count). The molecule has 0 radical (unpaired) electrons. The maximum Gasteiger partial charge on any atom is 0.161 e. The van der Waals surface area contributed by atoms with E-state index in [-0.39, 0.29) is 59.1 Å². The van der Waals surface area contributed by atoms with Gasteiger partial charge in [-0.3, -0.25) is 0 Å². The van der Waals surface area contributed by atoms with Gasteiger partial charge in [-0.1, -0.05) is 54.6 Å². The third kappa shape index (κ3) is 7.76. The highest BCUT2D eigenvalue weighted by Crippen LogP contribution is 2.32. The van der Waals surface area contributed by atoms with E-state index >= 15 is 13.2 Å². The molecular formula is C37H31F7. The van der Waals surface area contributed by atoms with Crippen LogP contribution < -0.4 is 0 Å². The lowest BCUT2D eigenvalue weighted by Gasteiger charge is -2.12. The summed E-state index contributed by atoms with van der Waals surface area (Å²) in [7, 11) is 0. The highest BCUT2D eigenvalue weighted by Gasteiger charge is 2.17. The molecule has 4 aromatic rings. The summed E-state index contributed by atoms with van der Waals surface area (Å²) in [6.07, 6.45) is 5.83. The third-order valence-corrected chi connectivity index (χ3v) is 7.36. The number of halogens is 7. The van der Waals surface area contributed by atoms with Gasteiger partial charge in [-0.25, -0.2) is 30.7 Å². The first-order chi connectivity index (χ1) is 21.1. The van der Waals surface area contributed by atoms with Crippen LogP contribution in [0.4, 0.5) is 30.7 Å². The Hall–Kier alpha value is -4.39.